The van der Waals surface area contributed by atoms with Gasteiger partial charge in [-0.3, -0.25) is 52.7 Å². The number of hydrogen-bond acceptors (Lipinski definition) is 11. The van der Waals surface area contributed by atoms with Gasteiger partial charge < -0.3 is 55.6 Å². The third-order valence-electron chi connectivity index (χ3n) is 17.0. The molecule has 0 spiro atoms. The number of rotatable bonds is 11. The summed E-state index contributed by atoms with van der Waals surface area (Å²) in [5, 5.41) is 11.5. The lowest BCUT2D eigenvalue weighted by Crippen LogP contribution is -2.62. The van der Waals surface area contributed by atoms with Crippen molar-refractivity contribution in [3.63, 3.8) is 0 Å². The molecule has 0 unspecified atom stereocenters. The van der Waals surface area contributed by atoms with Gasteiger partial charge in [0.15, 0.2) is 0 Å². The van der Waals surface area contributed by atoms with Crippen molar-refractivity contribution in [2.75, 3.05) is 69.0 Å². The predicted molar refractivity (Wildman–Crippen MR) is 346 cm³/mol. The van der Waals surface area contributed by atoms with Crippen LogP contribution in [0.25, 0.3) is 0 Å². The highest BCUT2D eigenvalue weighted by Gasteiger charge is 2.43. The summed E-state index contributed by atoms with van der Waals surface area (Å²) in [4.78, 5) is 167. The molecule has 9 atom stereocenters. The molecule has 512 valence electrons. The van der Waals surface area contributed by atoms with E-state index in [1.165, 1.54) is 83.1 Å². The topological polar surface area (TPSA) is 259 Å². The number of nitrogens with zero attached hydrogens (tertiary/aromatic N) is 7. The van der Waals surface area contributed by atoms with Crippen molar-refractivity contribution in [1.29, 1.82) is 0 Å². The van der Waals surface area contributed by atoms with Crippen LogP contribution in [0.5, 0.6) is 0 Å². The maximum absolute atomic E-state index is 15.3. The Morgan fingerprint density at radius 2 is 1.06 bits per heavy atom. The number of benzene rings is 3. The number of carbonyl (C=O) groups excluding carboxylic acids is 11. The maximum atomic E-state index is 15.3. The summed E-state index contributed by atoms with van der Waals surface area (Å²) in [6.07, 6.45) is -4.84. The van der Waals surface area contributed by atoms with Crippen LogP contribution >= 0.6 is 11.6 Å². The lowest BCUT2D eigenvalue weighted by Gasteiger charge is -2.39. The maximum Gasteiger partial charge on any atom is 0.416 e. The molecule has 0 bridgehead atoms. The van der Waals surface area contributed by atoms with Crippen molar-refractivity contribution in [1.82, 2.24) is 55.6 Å². The van der Waals surface area contributed by atoms with Crippen LogP contribution in [0.15, 0.2) is 78.9 Å². The van der Waals surface area contributed by atoms with E-state index in [1.807, 2.05) is 20.8 Å². The molecule has 1 fully saturated rings. The summed E-state index contributed by atoms with van der Waals surface area (Å²) in [7, 11) is 9.56. The molecule has 0 aromatic heterocycles. The summed E-state index contributed by atoms with van der Waals surface area (Å²) < 4.78 is 40.9. The number of halogens is 4. The predicted octanol–water partition coefficient (Wildman–Crippen LogP) is 4.98. The fourth-order valence-corrected chi connectivity index (χ4v) is 10.7. The van der Waals surface area contributed by atoms with Crippen molar-refractivity contribution >= 4 is 76.6 Å². The van der Waals surface area contributed by atoms with Gasteiger partial charge in [0, 0.05) is 79.7 Å². The van der Waals surface area contributed by atoms with E-state index in [-0.39, 0.29) is 44.4 Å². The van der Waals surface area contributed by atoms with Crippen molar-refractivity contribution < 1.29 is 65.9 Å². The molecule has 4 N–H and O–H groups in total. The normalized spacial score (nSPS) is 23.6. The Morgan fingerprint density at radius 3 is 1.61 bits per heavy atom. The molecule has 1 saturated heterocycles. The molecular formula is C67H95ClF3N11O11. The number of nitrogens with one attached hydrogen (secondary N) is 4. The Balaban J connectivity index is 1.87. The smallest absolute Gasteiger partial charge is 0.351 e. The van der Waals surface area contributed by atoms with E-state index in [0.717, 1.165) is 31.7 Å². The minimum atomic E-state index is -4.64. The molecule has 1 aliphatic heterocycles. The standard InChI is InChI=1S/C67H95ClF3N11O11/c1-17-41(4)57-64(92)78(12)38-55(85)76(10)39-56(86)80(14)51(36-46-25-30-48(68)31-26-46)62(90)77(11)37-53(83)73-49(32-27-44-23-28-47(29-24-44)67(69,70)71)60(88)75-58(66(7,8)9)65(93)82(16)52(35-45-21-19-18-20-22-45)63(91)81(15)50(33-40(2)3)61(89)72-42(5)34-54(84)79(13)43(6)59(87)74-57/h18-26,28-31,40-43,49-52,57-58H,17,27,32-39H2,1-16H3,(H,72,89)(H,73,83)(H,74,87)(H,75,88)/t41-,42+,43-,49-,50-,51-,52-,57-,58+/m0/s1. The van der Waals surface area contributed by atoms with Crippen molar-refractivity contribution in [3.8, 4) is 0 Å². The SMILES string of the molecule is CC[C@H](C)[C@@H]1NC(=O)[C@H](C)N(C)C(=O)C[C@@H](C)NC(=O)[C@H](CC(C)C)N(C)C(=O)[C@H](Cc2ccccc2)N(C)C(=O)[C@H](C(C)(C)C)NC(=O)[C@H](CCc2ccc(C(F)(F)F)cc2)NC(=O)CN(C)C(=O)[C@H](Cc2ccc(Cl)cc2)N(C)C(=O)CN(C)C(=O)CN(C)C1=O. The first-order chi connectivity index (χ1) is 43.3. The number of alkyl halides is 3. The number of amides is 11. The zero-order valence-electron chi connectivity index (χ0n) is 56.5. The van der Waals surface area contributed by atoms with Gasteiger partial charge in [-0.15, -0.1) is 0 Å². The Morgan fingerprint density at radius 1 is 0.538 bits per heavy atom. The van der Waals surface area contributed by atoms with Gasteiger partial charge in [-0.25, -0.2) is 0 Å². The highest BCUT2D eigenvalue weighted by molar-refractivity contribution is 6.30. The Bertz CT molecular complexity index is 3110. The zero-order valence-corrected chi connectivity index (χ0v) is 57.2. The average molecular weight is 1320 g/mol. The molecule has 3 aromatic carbocycles. The van der Waals surface area contributed by atoms with E-state index in [1.54, 1.807) is 89.2 Å². The lowest BCUT2D eigenvalue weighted by atomic mass is 9.85. The van der Waals surface area contributed by atoms with Gasteiger partial charge in [-0.1, -0.05) is 121 Å². The van der Waals surface area contributed by atoms with E-state index < -0.39 is 156 Å². The number of carbonyl (C=O) groups is 11. The van der Waals surface area contributed by atoms with E-state index in [4.69, 9.17) is 11.6 Å². The summed E-state index contributed by atoms with van der Waals surface area (Å²) in [6, 6.07) is 9.62. The van der Waals surface area contributed by atoms with E-state index in [2.05, 4.69) is 21.3 Å². The van der Waals surface area contributed by atoms with Gasteiger partial charge >= 0.3 is 6.18 Å². The lowest BCUT2D eigenvalue weighted by molar-refractivity contribution is -0.150. The van der Waals surface area contributed by atoms with Crippen LogP contribution in [0.1, 0.15) is 110 Å². The van der Waals surface area contributed by atoms with Gasteiger partial charge in [0.1, 0.15) is 42.3 Å². The largest absolute Gasteiger partial charge is 0.416 e. The van der Waals surface area contributed by atoms with Gasteiger partial charge in [0.2, 0.25) is 65.0 Å². The highest BCUT2D eigenvalue weighted by atomic mass is 35.5. The van der Waals surface area contributed by atoms with Crippen LogP contribution in [0.3, 0.4) is 0 Å². The summed E-state index contributed by atoms with van der Waals surface area (Å²) in [5.74, 6) is -8.44. The van der Waals surface area contributed by atoms with E-state index in [9.17, 15) is 56.3 Å². The molecule has 93 heavy (non-hydrogen) atoms. The van der Waals surface area contributed by atoms with Crippen LogP contribution in [0, 0.1) is 17.3 Å². The minimum Gasteiger partial charge on any atom is -0.351 e. The highest BCUT2D eigenvalue weighted by Crippen LogP contribution is 2.30. The quantitative estimate of drug-likeness (QED) is 0.199. The van der Waals surface area contributed by atoms with Crippen LogP contribution in [-0.2, 0) is 78.2 Å². The fourth-order valence-electron chi connectivity index (χ4n) is 10.6. The number of aryl methyl sites for hydroxylation is 1. The van der Waals surface area contributed by atoms with Gasteiger partial charge in [0.25, 0.3) is 0 Å². The number of hydrogen-bond donors (Lipinski definition) is 4. The van der Waals surface area contributed by atoms with Gasteiger partial charge in [-0.2, -0.15) is 13.2 Å². The first kappa shape index (κ1) is 77.4. The van der Waals surface area contributed by atoms with Gasteiger partial charge in [0.05, 0.1) is 25.2 Å². The van der Waals surface area contributed by atoms with E-state index >= 15 is 9.59 Å². The molecule has 26 heteroatoms. The number of likely N-dealkylation sites (N-methyl/N-ethyl adjacent to an activating group) is 7. The summed E-state index contributed by atoms with van der Waals surface area (Å²) in [6.45, 7) is 13.5. The molecule has 1 heterocycles. The van der Waals surface area contributed by atoms with Crippen molar-refractivity contribution in [2.45, 2.75) is 162 Å². The molecular weight excluding hydrogens is 1230 g/mol. The van der Waals surface area contributed by atoms with Crippen LogP contribution < -0.4 is 21.3 Å². The van der Waals surface area contributed by atoms with Crippen LogP contribution in [-0.4, -0.2) is 217 Å². The molecule has 0 aliphatic carbocycles. The molecule has 0 radical (unpaired) electrons. The summed E-state index contributed by atoms with van der Waals surface area (Å²) in [5.41, 5.74) is -0.469. The molecule has 4 rings (SSSR count). The second-order valence-corrected chi connectivity index (χ2v) is 26.5. The Kier molecular flexibility index (Phi) is 28.4. The monoisotopic (exact) mass is 1320 g/mol. The fraction of sp³-hybridized carbons (Fsp3) is 0.567. The molecule has 11 amide bonds. The first-order valence-corrected chi connectivity index (χ1v) is 31.6. The molecule has 0 saturated carbocycles. The van der Waals surface area contributed by atoms with Crippen molar-refractivity contribution in [3.05, 3.63) is 106 Å². The Labute approximate surface area is 550 Å². The van der Waals surface area contributed by atoms with Crippen LogP contribution in [0.4, 0.5) is 13.2 Å². The zero-order chi connectivity index (χ0) is 70.1. The molecule has 1 aliphatic rings. The minimum absolute atomic E-state index is 0.0572. The second kappa shape index (κ2) is 34.2. The van der Waals surface area contributed by atoms with Crippen molar-refractivity contribution in [2.24, 2.45) is 17.3 Å². The Hall–Kier alpha value is -8.09. The van der Waals surface area contributed by atoms with Gasteiger partial charge in [-0.05, 0) is 91.3 Å². The average Bonchev–Trinajstić information content (AvgIpc) is 0.891. The molecule has 22 nitrogen and oxygen atoms in total. The molecule has 3 aromatic rings. The third kappa shape index (κ3) is 22.3. The third-order valence-corrected chi connectivity index (χ3v) is 17.3. The second-order valence-electron chi connectivity index (χ2n) is 26.1. The van der Waals surface area contributed by atoms with E-state index in [0.29, 0.717) is 28.1 Å². The summed E-state index contributed by atoms with van der Waals surface area (Å²) >= 11 is 6.20. The first-order valence-electron chi connectivity index (χ1n) is 31.2. The van der Waals surface area contributed by atoms with Crippen LogP contribution in [0.2, 0.25) is 5.02 Å².